The first kappa shape index (κ1) is 27.2. The molecular formula is C19H15BrF8N2O2. The van der Waals surface area contributed by atoms with Crippen LogP contribution in [0.3, 0.4) is 0 Å². The molecule has 0 atom stereocenters. The van der Waals surface area contributed by atoms with E-state index >= 15 is 0 Å². The molecule has 32 heavy (non-hydrogen) atoms. The third kappa shape index (κ3) is 7.70. The highest BCUT2D eigenvalue weighted by Gasteiger charge is 2.35. The SMILES string of the molecule is CCOC(=O)C=Cc1cc(F)c(C(F)(F)F)cc1N.Nc1cc(C(F)(F)F)c(F)cc1Br. The summed E-state index contributed by atoms with van der Waals surface area (Å²) in [6, 6.07) is 2.35. The molecule has 2 aromatic rings. The van der Waals surface area contributed by atoms with E-state index in [1.54, 1.807) is 6.92 Å². The van der Waals surface area contributed by atoms with Gasteiger partial charge < -0.3 is 16.2 Å². The van der Waals surface area contributed by atoms with Gasteiger partial charge in [-0.3, -0.25) is 0 Å². The molecular weight excluding hydrogens is 520 g/mol. The minimum atomic E-state index is -4.82. The predicted octanol–water partition coefficient (Wildman–Crippen LogP) is 6.19. The van der Waals surface area contributed by atoms with Gasteiger partial charge in [0, 0.05) is 27.5 Å². The number of nitrogens with two attached hydrogens (primary N) is 2. The van der Waals surface area contributed by atoms with Crippen molar-refractivity contribution in [1.82, 2.24) is 0 Å². The highest BCUT2D eigenvalue weighted by molar-refractivity contribution is 9.10. The zero-order valence-corrected chi connectivity index (χ0v) is 17.6. The molecule has 4 N–H and O–H groups in total. The number of rotatable bonds is 3. The van der Waals surface area contributed by atoms with E-state index < -0.39 is 41.1 Å². The zero-order valence-electron chi connectivity index (χ0n) is 16.0. The normalized spacial score (nSPS) is 11.8. The fourth-order valence-electron chi connectivity index (χ4n) is 2.10. The number of carbonyl (C=O) groups excluding carboxylic acids is 1. The maximum absolute atomic E-state index is 13.3. The topological polar surface area (TPSA) is 78.3 Å². The lowest BCUT2D eigenvalue weighted by Gasteiger charge is -2.10. The summed E-state index contributed by atoms with van der Waals surface area (Å²) in [7, 11) is 0. The van der Waals surface area contributed by atoms with Gasteiger partial charge in [-0.05, 0) is 53.2 Å². The van der Waals surface area contributed by atoms with Crippen LogP contribution in [0.2, 0.25) is 0 Å². The number of benzene rings is 2. The van der Waals surface area contributed by atoms with Gasteiger partial charge >= 0.3 is 18.3 Å². The first-order valence-electron chi connectivity index (χ1n) is 8.40. The van der Waals surface area contributed by atoms with Gasteiger partial charge in [-0.1, -0.05) is 0 Å². The van der Waals surface area contributed by atoms with Crippen LogP contribution in [0.15, 0.2) is 34.8 Å². The first-order valence-corrected chi connectivity index (χ1v) is 9.20. The van der Waals surface area contributed by atoms with Crippen LogP contribution in [0.5, 0.6) is 0 Å². The second kappa shape index (κ2) is 10.7. The Morgan fingerprint density at radius 2 is 1.41 bits per heavy atom. The Morgan fingerprint density at radius 1 is 0.938 bits per heavy atom. The molecule has 0 fully saturated rings. The molecule has 0 amide bonds. The minimum Gasteiger partial charge on any atom is -0.463 e. The van der Waals surface area contributed by atoms with Gasteiger partial charge in [0.2, 0.25) is 0 Å². The number of nitrogen functional groups attached to an aromatic ring is 2. The van der Waals surface area contributed by atoms with Crippen molar-refractivity contribution >= 4 is 39.4 Å². The summed E-state index contributed by atoms with van der Waals surface area (Å²) in [5.74, 6) is -3.49. The highest BCUT2D eigenvalue weighted by atomic mass is 79.9. The number of esters is 1. The van der Waals surface area contributed by atoms with Crippen LogP contribution in [-0.4, -0.2) is 12.6 Å². The van der Waals surface area contributed by atoms with Crippen LogP contribution in [-0.2, 0) is 21.9 Å². The van der Waals surface area contributed by atoms with Gasteiger partial charge in [-0.2, -0.15) is 26.3 Å². The zero-order chi connectivity index (χ0) is 24.9. The average molecular weight is 535 g/mol. The van der Waals surface area contributed by atoms with Crippen molar-refractivity contribution in [2.24, 2.45) is 0 Å². The fraction of sp³-hybridized carbons (Fsp3) is 0.211. The van der Waals surface area contributed by atoms with Crippen LogP contribution < -0.4 is 11.5 Å². The van der Waals surface area contributed by atoms with Gasteiger partial charge in [0.1, 0.15) is 11.6 Å². The van der Waals surface area contributed by atoms with Crippen molar-refractivity contribution in [1.29, 1.82) is 0 Å². The number of anilines is 2. The maximum atomic E-state index is 13.3. The Labute approximate surface area is 185 Å². The molecule has 176 valence electrons. The van der Waals surface area contributed by atoms with Gasteiger partial charge in [-0.25, -0.2) is 13.6 Å². The maximum Gasteiger partial charge on any atom is 0.419 e. The summed E-state index contributed by atoms with van der Waals surface area (Å²) < 4.78 is 104. The molecule has 0 unspecified atom stereocenters. The minimum absolute atomic E-state index is 0.0291. The van der Waals surface area contributed by atoms with E-state index in [4.69, 9.17) is 11.5 Å². The largest absolute Gasteiger partial charge is 0.463 e. The van der Waals surface area contributed by atoms with Crippen LogP contribution in [0.25, 0.3) is 6.08 Å². The summed E-state index contributed by atoms with van der Waals surface area (Å²) in [5.41, 5.74) is 7.29. The molecule has 13 heteroatoms. The van der Waals surface area contributed by atoms with Gasteiger partial charge in [0.05, 0.1) is 17.7 Å². The number of alkyl halides is 6. The van der Waals surface area contributed by atoms with Crippen molar-refractivity contribution in [3.05, 3.63) is 63.1 Å². The number of halogens is 9. The Kier molecular flexibility index (Phi) is 9.06. The quantitative estimate of drug-likeness (QED) is 0.213. The Balaban J connectivity index is 0.000000343. The third-order valence-electron chi connectivity index (χ3n) is 3.56. The summed E-state index contributed by atoms with van der Waals surface area (Å²) in [4.78, 5) is 11.0. The summed E-state index contributed by atoms with van der Waals surface area (Å²) >= 11 is 2.81. The second-order valence-electron chi connectivity index (χ2n) is 5.90. The lowest BCUT2D eigenvalue weighted by Crippen LogP contribution is -2.09. The number of carbonyl (C=O) groups is 1. The summed E-state index contributed by atoms with van der Waals surface area (Å²) in [6.07, 6.45) is -7.47. The summed E-state index contributed by atoms with van der Waals surface area (Å²) in [5, 5.41) is 0. The number of hydrogen-bond acceptors (Lipinski definition) is 4. The van der Waals surface area contributed by atoms with Gasteiger partial charge in [0.25, 0.3) is 0 Å². The van der Waals surface area contributed by atoms with E-state index in [0.29, 0.717) is 24.3 Å². The van der Waals surface area contributed by atoms with Crippen molar-refractivity contribution in [3.63, 3.8) is 0 Å². The lowest BCUT2D eigenvalue weighted by atomic mass is 10.1. The van der Waals surface area contributed by atoms with E-state index in [-0.39, 0.29) is 28.0 Å². The van der Waals surface area contributed by atoms with Crippen molar-refractivity contribution < 1.29 is 44.7 Å². The number of ether oxygens (including phenoxy) is 1. The average Bonchev–Trinajstić information content (AvgIpc) is 2.64. The molecule has 0 aliphatic heterocycles. The van der Waals surface area contributed by atoms with E-state index in [9.17, 15) is 39.9 Å². The van der Waals surface area contributed by atoms with Crippen LogP contribution in [0.1, 0.15) is 23.6 Å². The fourth-order valence-corrected chi connectivity index (χ4v) is 2.41. The van der Waals surface area contributed by atoms with E-state index in [1.807, 2.05) is 0 Å². The third-order valence-corrected chi connectivity index (χ3v) is 4.24. The standard InChI is InChI=1S/C12H11F4NO2.C7H4BrF4N/c1-2-19-11(18)4-3-7-5-9(13)8(6-10(7)17)12(14,15)16;8-4-2-5(9)3(1-6(4)13)7(10,11)12/h3-6H,2,17H2,1H3;1-2H,13H2. The first-order chi connectivity index (χ1) is 14.6. The molecule has 0 aliphatic rings. The van der Waals surface area contributed by atoms with Crippen LogP contribution in [0.4, 0.5) is 46.5 Å². The van der Waals surface area contributed by atoms with Crippen molar-refractivity contribution in [2.75, 3.05) is 18.1 Å². The van der Waals surface area contributed by atoms with Crippen LogP contribution >= 0.6 is 15.9 Å². The van der Waals surface area contributed by atoms with E-state index in [1.165, 1.54) is 0 Å². The van der Waals surface area contributed by atoms with Crippen molar-refractivity contribution in [3.8, 4) is 0 Å². The molecule has 4 nitrogen and oxygen atoms in total. The monoisotopic (exact) mass is 534 g/mol. The molecule has 0 heterocycles. The Bertz CT molecular complexity index is 1000. The Hall–Kier alpha value is -2.83. The molecule has 0 spiro atoms. The van der Waals surface area contributed by atoms with E-state index in [0.717, 1.165) is 12.2 Å². The predicted molar refractivity (Wildman–Crippen MR) is 105 cm³/mol. The Morgan fingerprint density at radius 3 is 1.88 bits per heavy atom. The smallest absolute Gasteiger partial charge is 0.419 e. The molecule has 0 aromatic heterocycles. The summed E-state index contributed by atoms with van der Waals surface area (Å²) in [6.45, 7) is 1.75. The molecule has 0 bridgehead atoms. The van der Waals surface area contributed by atoms with Gasteiger partial charge in [-0.15, -0.1) is 0 Å². The molecule has 0 saturated heterocycles. The molecule has 0 radical (unpaired) electrons. The second-order valence-corrected chi connectivity index (χ2v) is 6.75. The molecule has 0 aliphatic carbocycles. The van der Waals surface area contributed by atoms with E-state index in [2.05, 4.69) is 20.7 Å². The molecule has 2 rings (SSSR count). The number of hydrogen-bond donors (Lipinski definition) is 2. The lowest BCUT2D eigenvalue weighted by molar-refractivity contribution is -0.140. The highest BCUT2D eigenvalue weighted by Crippen LogP contribution is 2.35. The van der Waals surface area contributed by atoms with Crippen LogP contribution in [0, 0.1) is 11.6 Å². The molecule has 0 saturated carbocycles. The van der Waals surface area contributed by atoms with Gasteiger partial charge in [0.15, 0.2) is 0 Å². The molecule has 2 aromatic carbocycles. The van der Waals surface area contributed by atoms with Crippen molar-refractivity contribution in [2.45, 2.75) is 19.3 Å².